The van der Waals surface area contributed by atoms with Crippen molar-refractivity contribution in [2.45, 2.75) is 39.0 Å². The molecule has 4 rings (SSSR count). The quantitative estimate of drug-likeness (QED) is 0.277. The van der Waals surface area contributed by atoms with E-state index < -0.39 is 24.1 Å². The number of allylic oxidation sites excluding steroid dienone is 2. The first kappa shape index (κ1) is 27.2. The van der Waals surface area contributed by atoms with Crippen LogP contribution >= 0.6 is 0 Å². The third-order valence-electron chi connectivity index (χ3n) is 6.24. The minimum atomic E-state index is -1.05. The van der Waals surface area contributed by atoms with Crippen LogP contribution in [0, 0.1) is 6.92 Å². The third-order valence-corrected chi connectivity index (χ3v) is 6.24. The summed E-state index contributed by atoms with van der Waals surface area (Å²) < 4.78 is 6.11. The molecule has 0 aromatic heterocycles. The number of carbonyl (C=O) groups excluding carboxylic acids is 2. The van der Waals surface area contributed by atoms with Gasteiger partial charge in [0.25, 0.3) is 0 Å². The second kappa shape index (κ2) is 12.6. The topological polar surface area (TPSA) is 117 Å². The Balaban J connectivity index is 1.64. The number of aryl methyl sites for hydroxylation is 1. The molecule has 1 aliphatic rings. The molecule has 0 fully saturated rings. The molecule has 1 heterocycles. The first-order chi connectivity index (χ1) is 18.8. The fourth-order valence-electron chi connectivity index (χ4n) is 4.25. The fourth-order valence-corrected chi connectivity index (χ4v) is 4.25. The van der Waals surface area contributed by atoms with Crippen molar-refractivity contribution in [1.29, 1.82) is 0 Å². The monoisotopic (exact) mass is 525 g/mol. The van der Waals surface area contributed by atoms with Crippen molar-refractivity contribution in [2.75, 3.05) is 0 Å². The Kier molecular flexibility index (Phi) is 8.78. The SMILES string of the molecule is CC1=CC(OCc2ccccc2)=C(NC(=O)N[C@@H](CC(=O)O)c2ccc(C)cc2)C(C(=O)c2ccccc2)N1. The number of dihydropyridines is 1. The van der Waals surface area contributed by atoms with Gasteiger partial charge in [-0.1, -0.05) is 90.5 Å². The van der Waals surface area contributed by atoms with Gasteiger partial charge in [-0.05, 0) is 25.0 Å². The average Bonchev–Trinajstić information content (AvgIpc) is 2.93. The molecule has 1 aliphatic heterocycles. The molecule has 2 amide bonds. The number of urea groups is 1. The number of nitrogens with one attached hydrogen (secondary N) is 3. The second-order valence-corrected chi connectivity index (χ2v) is 9.35. The zero-order valence-corrected chi connectivity index (χ0v) is 21.8. The maximum atomic E-state index is 13.5. The van der Waals surface area contributed by atoms with Crippen molar-refractivity contribution in [3.05, 3.63) is 130 Å². The summed E-state index contributed by atoms with van der Waals surface area (Å²) in [5, 5.41) is 18.2. The summed E-state index contributed by atoms with van der Waals surface area (Å²) >= 11 is 0. The van der Waals surface area contributed by atoms with Crippen LogP contribution in [0.25, 0.3) is 0 Å². The van der Waals surface area contributed by atoms with Crippen molar-refractivity contribution in [2.24, 2.45) is 0 Å². The van der Waals surface area contributed by atoms with E-state index >= 15 is 0 Å². The van der Waals surface area contributed by atoms with Gasteiger partial charge < -0.3 is 25.8 Å². The van der Waals surface area contributed by atoms with Gasteiger partial charge in [0.05, 0.1) is 18.2 Å². The molecule has 8 nitrogen and oxygen atoms in total. The molecule has 0 saturated heterocycles. The van der Waals surface area contributed by atoms with Gasteiger partial charge in [0.15, 0.2) is 5.78 Å². The lowest BCUT2D eigenvalue weighted by Crippen LogP contribution is -2.49. The highest BCUT2D eigenvalue weighted by Crippen LogP contribution is 2.23. The van der Waals surface area contributed by atoms with Crippen LogP contribution < -0.4 is 16.0 Å². The highest BCUT2D eigenvalue weighted by molar-refractivity contribution is 6.03. The number of Topliss-reactive ketones (excluding diaryl/α,β-unsaturated/α-hetero) is 1. The van der Waals surface area contributed by atoms with E-state index in [9.17, 15) is 19.5 Å². The van der Waals surface area contributed by atoms with E-state index in [1.165, 1.54) is 0 Å². The van der Waals surface area contributed by atoms with E-state index in [0.29, 0.717) is 22.6 Å². The van der Waals surface area contributed by atoms with Crippen LogP contribution in [-0.2, 0) is 16.1 Å². The predicted octanol–water partition coefficient (Wildman–Crippen LogP) is 5.00. The van der Waals surface area contributed by atoms with Crippen LogP contribution in [0.3, 0.4) is 0 Å². The van der Waals surface area contributed by atoms with Gasteiger partial charge in [-0.15, -0.1) is 0 Å². The van der Waals surface area contributed by atoms with Gasteiger partial charge in [-0.25, -0.2) is 4.79 Å². The fraction of sp³-hybridized carbons (Fsp3) is 0.194. The Labute approximate surface area is 227 Å². The van der Waals surface area contributed by atoms with E-state index in [0.717, 1.165) is 11.1 Å². The number of amides is 2. The second-order valence-electron chi connectivity index (χ2n) is 9.35. The van der Waals surface area contributed by atoms with E-state index in [-0.39, 0.29) is 24.5 Å². The number of carboxylic acids is 1. The maximum absolute atomic E-state index is 13.5. The van der Waals surface area contributed by atoms with Gasteiger partial charge in [-0.3, -0.25) is 9.59 Å². The number of aliphatic carboxylic acids is 1. The standard InChI is InChI=1S/C31H31N3O5/c1-20-13-15-23(16-14-20)25(18-27(35)36)33-31(38)34-28-26(39-19-22-9-5-3-6-10-22)17-21(2)32-29(28)30(37)24-11-7-4-8-12-24/h3-17,25,29,32H,18-19H2,1-2H3,(H,35,36)(H2,33,34,38)/t25-,29?/m0/s1. The molecule has 4 N–H and O–H groups in total. The molecule has 8 heteroatoms. The van der Waals surface area contributed by atoms with Gasteiger partial charge in [0.1, 0.15) is 18.4 Å². The Hall–Kier alpha value is -4.85. The normalized spacial score (nSPS) is 15.4. The minimum absolute atomic E-state index is 0.226. The van der Waals surface area contributed by atoms with Crippen molar-refractivity contribution in [3.8, 4) is 0 Å². The summed E-state index contributed by atoms with van der Waals surface area (Å²) in [6.07, 6.45) is 1.42. The highest BCUT2D eigenvalue weighted by Gasteiger charge is 2.32. The lowest BCUT2D eigenvalue weighted by atomic mass is 9.98. The number of carboxylic acid groups (broad SMARTS) is 1. The molecule has 0 saturated carbocycles. The first-order valence-corrected chi connectivity index (χ1v) is 12.6. The number of carbonyl (C=O) groups is 3. The Morgan fingerprint density at radius 3 is 2.21 bits per heavy atom. The predicted molar refractivity (Wildman–Crippen MR) is 148 cm³/mol. The zero-order valence-electron chi connectivity index (χ0n) is 21.8. The minimum Gasteiger partial charge on any atom is -0.487 e. The molecule has 3 aromatic carbocycles. The average molecular weight is 526 g/mol. The van der Waals surface area contributed by atoms with Crippen LogP contribution in [0.4, 0.5) is 4.79 Å². The zero-order chi connectivity index (χ0) is 27.8. The van der Waals surface area contributed by atoms with Crippen LogP contribution in [0.1, 0.15) is 46.4 Å². The van der Waals surface area contributed by atoms with E-state index in [2.05, 4.69) is 16.0 Å². The molecular weight excluding hydrogens is 494 g/mol. The Morgan fingerprint density at radius 2 is 1.56 bits per heavy atom. The smallest absolute Gasteiger partial charge is 0.319 e. The lowest BCUT2D eigenvalue weighted by Gasteiger charge is -2.29. The molecule has 0 bridgehead atoms. The van der Waals surface area contributed by atoms with Crippen molar-refractivity contribution < 1.29 is 24.2 Å². The van der Waals surface area contributed by atoms with E-state index in [1.807, 2.05) is 62.4 Å². The molecule has 0 aliphatic carbocycles. The summed E-state index contributed by atoms with van der Waals surface area (Å²) in [7, 11) is 0. The number of rotatable bonds is 10. The van der Waals surface area contributed by atoms with Crippen LogP contribution in [0.2, 0.25) is 0 Å². The van der Waals surface area contributed by atoms with Crippen LogP contribution in [-0.4, -0.2) is 28.9 Å². The van der Waals surface area contributed by atoms with E-state index in [4.69, 9.17) is 4.74 Å². The Bertz CT molecular complexity index is 1380. The molecule has 3 aromatic rings. The molecular formula is C31H31N3O5. The summed E-state index contributed by atoms with van der Waals surface area (Å²) in [4.78, 5) is 38.4. The van der Waals surface area contributed by atoms with Gasteiger partial charge in [-0.2, -0.15) is 0 Å². The number of hydrogen-bond donors (Lipinski definition) is 4. The number of benzene rings is 3. The Morgan fingerprint density at radius 1 is 0.923 bits per heavy atom. The summed E-state index contributed by atoms with van der Waals surface area (Å²) in [5.74, 6) is -0.966. The molecule has 1 unspecified atom stereocenters. The van der Waals surface area contributed by atoms with Crippen molar-refractivity contribution in [3.63, 3.8) is 0 Å². The summed E-state index contributed by atoms with van der Waals surface area (Å²) in [5.41, 5.74) is 3.99. The number of hydrogen-bond acceptors (Lipinski definition) is 5. The van der Waals surface area contributed by atoms with Gasteiger partial charge in [0, 0.05) is 17.3 Å². The van der Waals surface area contributed by atoms with Crippen molar-refractivity contribution >= 4 is 17.8 Å². The van der Waals surface area contributed by atoms with E-state index in [1.54, 1.807) is 42.5 Å². The maximum Gasteiger partial charge on any atom is 0.319 e. The molecule has 2 atom stereocenters. The molecule has 39 heavy (non-hydrogen) atoms. The summed E-state index contributed by atoms with van der Waals surface area (Å²) in [6, 6.07) is 23.2. The van der Waals surface area contributed by atoms with Gasteiger partial charge >= 0.3 is 12.0 Å². The largest absolute Gasteiger partial charge is 0.487 e. The van der Waals surface area contributed by atoms with Crippen molar-refractivity contribution in [1.82, 2.24) is 16.0 Å². The summed E-state index contributed by atoms with van der Waals surface area (Å²) in [6.45, 7) is 3.97. The van der Waals surface area contributed by atoms with Gasteiger partial charge in [0.2, 0.25) is 0 Å². The molecule has 0 spiro atoms. The third kappa shape index (κ3) is 7.35. The molecule has 200 valence electrons. The molecule has 0 radical (unpaired) electrons. The number of ketones is 1. The van der Waals surface area contributed by atoms with Crippen LogP contribution in [0.5, 0.6) is 0 Å². The van der Waals surface area contributed by atoms with Crippen LogP contribution in [0.15, 0.2) is 108 Å². The first-order valence-electron chi connectivity index (χ1n) is 12.6. The highest BCUT2D eigenvalue weighted by atomic mass is 16.5. The lowest BCUT2D eigenvalue weighted by molar-refractivity contribution is -0.137. The number of ether oxygens (including phenoxy) is 1.